The summed E-state index contributed by atoms with van der Waals surface area (Å²) in [5.74, 6) is 1.07. The van der Waals surface area contributed by atoms with E-state index < -0.39 is 0 Å². The Morgan fingerprint density at radius 3 is 3.00 bits per heavy atom. The fourth-order valence-corrected chi connectivity index (χ4v) is 3.21. The summed E-state index contributed by atoms with van der Waals surface area (Å²) in [5, 5.41) is 2.98. The predicted molar refractivity (Wildman–Crippen MR) is 65.2 cm³/mol. The molecule has 0 bridgehead atoms. The number of fused-ring (bicyclic) bond motifs is 2. The lowest BCUT2D eigenvalue weighted by Gasteiger charge is -2.34. The van der Waals surface area contributed by atoms with Crippen molar-refractivity contribution in [3.63, 3.8) is 0 Å². The summed E-state index contributed by atoms with van der Waals surface area (Å²) >= 11 is 0. The van der Waals surface area contributed by atoms with Gasteiger partial charge in [0.25, 0.3) is 0 Å². The van der Waals surface area contributed by atoms with Crippen molar-refractivity contribution in [3.05, 3.63) is 29.3 Å². The molecule has 3 rings (SSSR count). The minimum Gasteiger partial charge on any atom is -0.497 e. The lowest BCUT2D eigenvalue weighted by molar-refractivity contribution is -0.119. The third-order valence-electron chi connectivity index (χ3n) is 4.11. The van der Waals surface area contributed by atoms with Crippen LogP contribution in [-0.2, 0) is 16.6 Å². The van der Waals surface area contributed by atoms with Gasteiger partial charge in [0.15, 0.2) is 0 Å². The molecule has 1 aliphatic carbocycles. The zero-order valence-electron chi connectivity index (χ0n) is 10.1. The predicted octanol–water partition coefficient (Wildman–Crippen LogP) is 1.79. The van der Waals surface area contributed by atoms with Crippen LogP contribution >= 0.6 is 0 Å². The van der Waals surface area contributed by atoms with Gasteiger partial charge in [-0.25, -0.2) is 0 Å². The number of benzene rings is 1. The van der Waals surface area contributed by atoms with Gasteiger partial charge in [-0.2, -0.15) is 0 Å². The third kappa shape index (κ3) is 1.61. The molecule has 0 aromatic heterocycles. The largest absolute Gasteiger partial charge is 0.497 e. The Bertz CT molecular complexity index is 469. The van der Waals surface area contributed by atoms with E-state index in [1.54, 1.807) is 7.11 Å². The van der Waals surface area contributed by atoms with Crippen LogP contribution in [0, 0.1) is 0 Å². The van der Waals surface area contributed by atoms with Crippen molar-refractivity contribution in [3.8, 4) is 5.75 Å². The molecule has 1 aliphatic heterocycles. The average molecular weight is 231 g/mol. The van der Waals surface area contributed by atoms with Gasteiger partial charge < -0.3 is 10.1 Å². The van der Waals surface area contributed by atoms with Crippen molar-refractivity contribution in [1.29, 1.82) is 0 Å². The van der Waals surface area contributed by atoms with Crippen LogP contribution in [0.5, 0.6) is 5.75 Å². The van der Waals surface area contributed by atoms with Crippen molar-refractivity contribution in [1.82, 2.24) is 5.32 Å². The van der Waals surface area contributed by atoms with E-state index in [4.69, 9.17) is 4.74 Å². The first-order valence-electron chi connectivity index (χ1n) is 6.18. The molecule has 3 heteroatoms. The summed E-state index contributed by atoms with van der Waals surface area (Å²) in [6.07, 6.45) is 4.03. The molecular formula is C14H17NO2. The van der Waals surface area contributed by atoms with Crippen LogP contribution in [0.4, 0.5) is 0 Å². The number of ether oxygens (including phenoxy) is 1. The van der Waals surface area contributed by atoms with Crippen LogP contribution in [0.3, 0.4) is 0 Å². The van der Waals surface area contributed by atoms with Crippen molar-refractivity contribution < 1.29 is 9.53 Å². The molecule has 1 aromatic carbocycles. The molecule has 17 heavy (non-hydrogen) atoms. The fourth-order valence-electron chi connectivity index (χ4n) is 3.21. The first-order chi connectivity index (χ1) is 8.23. The Morgan fingerprint density at radius 2 is 2.29 bits per heavy atom. The van der Waals surface area contributed by atoms with Gasteiger partial charge in [0, 0.05) is 18.4 Å². The first kappa shape index (κ1) is 10.6. The van der Waals surface area contributed by atoms with E-state index in [0.717, 1.165) is 25.1 Å². The Labute approximate surface area is 101 Å². The molecule has 1 spiro atoms. The summed E-state index contributed by atoms with van der Waals surface area (Å²) in [5.41, 5.74) is 2.73. The summed E-state index contributed by atoms with van der Waals surface area (Å²) in [6.45, 7) is 0.784. The zero-order valence-corrected chi connectivity index (χ0v) is 10.1. The van der Waals surface area contributed by atoms with Gasteiger partial charge in [-0.05, 0) is 42.5 Å². The van der Waals surface area contributed by atoms with Crippen LogP contribution < -0.4 is 10.1 Å². The smallest absolute Gasteiger partial charge is 0.220 e. The van der Waals surface area contributed by atoms with Crippen molar-refractivity contribution in [2.24, 2.45) is 0 Å². The highest BCUT2D eigenvalue weighted by Crippen LogP contribution is 2.43. The van der Waals surface area contributed by atoms with Gasteiger partial charge >= 0.3 is 0 Å². The number of rotatable bonds is 1. The zero-order chi connectivity index (χ0) is 11.9. The molecule has 3 nitrogen and oxygen atoms in total. The van der Waals surface area contributed by atoms with E-state index in [1.165, 1.54) is 17.5 Å². The lowest BCUT2D eigenvalue weighted by Crippen LogP contribution is -2.33. The Morgan fingerprint density at radius 1 is 1.41 bits per heavy atom. The highest BCUT2D eigenvalue weighted by Gasteiger charge is 2.42. The summed E-state index contributed by atoms with van der Waals surface area (Å²) in [7, 11) is 1.69. The van der Waals surface area contributed by atoms with Crippen LogP contribution in [0.15, 0.2) is 18.2 Å². The van der Waals surface area contributed by atoms with Crippen molar-refractivity contribution in [2.75, 3.05) is 13.7 Å². The van der Waals surface area contributed by atoms with Crippen LogP contribution in [-0.4, -0.2) is 19.6 Å². The lowest BCUT2D eigenvalue weighted by atomic mass is 9.69. The van der Waals surface area contributed by atoms with E-state index >= 15 is 0 Å². The average Bonchev–Trinajstić information content (AvgIpc) is 2.72. The number of methoxy groups -OCH3 is 1. The molecule has 1 unspecified atom stereocenters. The number of amides is 1. The molecule has 0 radical (unpaired) electrons. The number of aryl methyl sites for hydroxylation is 1. The maximum atomic E-state index is 11.5. The monoisotopic (exact) mass is 231 g/mol. The highest BCUT2D eigenvalue weighted by molar-refractivity contribution is 5.81. The minimum absolute atomic E-state index is 0.0270. The second-order valence-electron chi connectivity index (χ2n) is 5.11. The number of hydrogen-bond acceptors (Lipinski definition) is 2. The van der Waals surface area contributed by atoms with Gasteiger partial charge in [0.05, 0.1) is 7.11 Å². The Kier molecular flexibility index (Phi) is 2.35. The summed E-state index contributed by atoms with van der Waals surface area (Å²) in [4.78, 5) is 11.5. The molecule has 2 aliphatic rings. The number of hydrogen-bond donors (Lipinski definition) is 1. The van der Waals surface area contributed by atoms with Crippen molar-refractivity contribution in [2.45, 2.75) is 31.1 Å². The molecule has 1 heterocycles. The van der Waals surface area contributed by atoms with Gasteiger partial charge in [0.1, 0.15) is 5.75 Å². The second-order valence-corrected chi connectivity index (χ2v) is 5.11. The SMILES string of the molecule is COc1ccc2c(c1)C1(CCC2)CNC(=O)C1. The van der Waals surface area contributed by atoms with Crippen LogP contribution in [0.25, 0.3) is 0 Å². The van der Waals surface area contributed by atoms with Crippen molar-refractivity contribution >= 4 is 5.91 Å². The van der Waals surface area contributed by atoms with Gasteiger partial charge in [0.2, 0.25) is 5.91 Å². The van der Waals surface area contributed by atoms with E-state index in [9.17, 15) is 4.79 Å². The first-order valence-corrected chi connectivity index (χ1v) is 6.18. The van der Waals surface area contributed by atoms with Crippen LogP contribution in [0.1, 0.15) is 30.4 Å². The molecule has 90 valence electrons. The molecule has 1 saturated heterocycles. The van der Waals surface area contributed by atoms with Gasteiger partial charge in [-0.1, -0.05) is 6.07 Å². The fraction of sp³-hybridized carbons (Fsp3) is 0.500. The molecule has 1 N–H and O–H groups in total. The molecule has 1 amide bonds. The van der Waals surface area contributed by atoms with Gasteiger partial charge in [-0.15, -0.1) is 0 Å². The van der Waals surface area contributed by atoms with E-state index in [2.05, 4.69) is 17.4 Å². The van der Waals surface area contributed by atoms with E-state index in [0.29, 0.717) is 6.42 Å². The molecule has 1 atom stereocenters. The number of nitrogens with one attached hydrogen (secondary N) is 1. The standard InChI is InChI=1S/C14H17NO2/c1-17-11-5-4-10-3-2-6-14(12(10)7-11)8-13(16)15-9-14/h4-5,7H,2-3,6,8-9H2,1H3,(H,15,16). The molecular weight excluding hydrogens is 214 g/mol. The minimum atomic E-state index is 0.0270. The van der Waals surface area contributed by atoms with Gasteiger partial charge in [-0.3, -0.25) is 4.79 Å². The summed E-state index contributed by atoms with van der Waals surface area (Å²) < 4.78 is 5.30. The third-order valence-corrected chi connectivity index (χ3v) is 4.11. The normalized spacial score (nSPS) is 26.8. The van der Waals surface area contributed by atoms with Crippen LogP contribution in [0.2, 0.25) is 0 Å². The quantitative estimate of drug-likeness (QED) is 0.800. The number of carbonyl (C=O) groups is 1. The Hall–Kier alpha value is -1.51. The number of carbonyl (C=O) groups excluding carboxylic acids is 1. The molecule has 1 fully saturated rings. The topological polar surface area (TPSA) is 38.3 Å². The maximum Gasteiger partial charge on any atom is 0.220 e. The summed E-state index contributed by atoms with van der Waals surface area (Å²) in [6, 6.07) is 6.29. The Balaban J connectivity index is 2.08. The second kappa shape index (κ2) is 3.76. The molecule has 1 aromatic rings. The highest BCUT2D eigenvalue weighted by atomic mass is 16.5. The van der Waals surface area contributed by atoms with E-state index in [-0.39, 0.29) is 11.3 Å². The maximum absolute atomic E-state index is 11.5. The van der Waals surface area contributed by atoms with E-state index in [1.807, 2.05) is 6.07 Å². The molecule has 0 saturated carbocycles.